The zero-order valence-corrected chi connectivity index (χ0v) is 18.0. The summed E-state index contributed by atoms with van der Waals surface area (Å²) in [5.41, 5.74) is 0.708. The normalized spacial score (nSPS) is 32.9. The van der Waals surface area contributed by atoms with Gasteiger partial charge in [-0.25, -0.2) is 4.79 Å². The van der Waals surface area contributed by atoms with E-state index in [1.807, 2.05) is 10.9 Å². The van der Waals surface area contributed by atoms with Crippen molar-refractivity contribution in [2.24, 2.45) is 5.92 Å². The lowest BCUT2D eigenvalue weighted by Gasteiger charge is -2.69. The van der Waals surface area contributed by atoms with Crippen LogP contribution in [0.4, 0.5) is 18.0 Å². The molecule has 0 saturated heterocycles. The fraction of sp³-hybridized carbons (Fsp3) is 0.789. The first kappa shape index (κ1) is 20.7. The summed E-state index contributed by atoms with van der Waals surface area (Å²) in [5.74, 6) is -0.00637. The summed E-state index contributed by atoms with van der Waals surface area (Å²) in [4.78, 5) is 12.0. The van der Waals surface area contributed by atoms with Gasteiger partial charge >= 0.3 is 12.5 Å². The van der Waals surface area contributed by atoms with Gasteiger partial charge in [0.15, 0.2) is 0 Å². The second kappa shape index (κ2) is 6.73. The Balaban J connectivity index is 1.22. The Labute approximate surface area is 169 Å². The van der Waals surface area contributed by atoms with E-state index >= 15 is 0 Å². The predicted octanol–water partition coefficient (Wildman–Crippen LogP) is 4.22. The molecule has 1 amide bonds. The summed E-state index contributed by atoms with van der Waals surface area (Å²) in [6.07, 6.45) is 1.93. The number of hydrogen-bond acceptors (Lipinski definition) is 4. The first-order valence-electron chi connectivity index (χ1n) is 10.1. The van der Waals surface area contributed by atoms with Crippen LogP contribution in [0.2, 0.25) is 25.7 Å². The fourth-order valence-corrected chi connectivity index (χ4v) is 5.36. The highest BCUT2D eigenvalue weighted by Crippen LogP contribution is 2.65. The number of carbonyl (C=O) groups excluding carboxylic acids is 1. The maximum Gasteiger partial charge on any atom is 0.522 e. The number of alkyl halides is 3. The molecule has 4 fully saturated rings. The van der Waals surface area contributed by atoms with Crippen LogP contribution in [0.1, 0.15) is 37.2 Å². The molecule has 1 aromatic heterocycles. The van der Waals surface area contributed by atoms with Crippen molar-refractivity contribution in [1.82, 2.24) is 15.1 Å². The zero-order chi connectivity index (χ0) is 21.1. The third kappa shape index (κ3) is 4.47. The smallest absolute Gasteiger partial charge is 0.450 e. The molecule has 0 aliphatic heterocycles. The van der Waals surface area contributed by atoms with Gasteiger partial charge in [-0.3, -0.25) is 9.42 Å². The number of carbonyl (C=O) groups is 1. The first-order valence-corrected chi connectivity index (χ1v) is 13.8. The molecular weight excluding hydrogens is 403 g/mol. The minimum Gasteiger partial charge on any atom is -0.450 e. The Morgan fingerprint density at radius 1 is 1.34 bits per heavy atom. The summed E-state index contributed by atoms with van der Waals surface area (Å²) < 4.78 is 47.7. The van der Waals surface area contributed by atoms with E-state index in [0.29, 0.717) is 13.0 Å². The second-order valence-corrected chi connectivity index (χ2v) is 15.8. The lowest BCUT2D eigenvalue weighted by Crippen LogP contribution is -2.78. The number of aromatic nitrogens is 2. The number of nitrogens with zero attached hydrogens (tertiary/aromatic N) is 2. The van der Waals surface area contributed by atoms with Gasteiger partial charge in [0, 0.05) is 14.3 Å². The predicted molar refractivity (Wildman–Crippen MR) is 102 cm³/mol. The van der Waals surface area contributed by atoms with Crippen molar-refractivity contribution >= 4 is 14.2 Å². The second-order valence-electron chi connectivity index (χ2n) is 10.2. The number of alkyl carbamates (subject to hydrolysis) is 1. The molecule has 10 heteroatoms. The minimum atomic E-state index is -4.57. The van der Waals surface area contributed by atoms with Gasteiger partial charge in [-0.1, -0.05) is 19.6 Å². The Kier molecular flexibility index (Phi) is 4.81. The SMILES string of the molecule is C[Si](C)(C)CCOC(=O)NC12CC(n3cc(C4CC4COC(F)(F)F)cn3)(C1)C2. The lowest BCUT2D eigenvalue weighted by molar-refractivity contribution is -0.326. The van der Waals surface area contributed by atoms with Crippen molar-refractivity contribution < 1.29 is 27.4 Å². The fourth-order valence-electron chi connectivity index (χ4n) is 4.64. The third-order valence-corrected chi connectivity index (χ3v) is 8.06. The molecule has 29 heavy (non-hydrogen) atoms. The van der Waals surface area contributed by atoms with E-state index in [1.165, 1.54) is 0 Å². The van der Waals surface area contributed by atoms with Crippen LogP contribution in [0.3, 0.4) is 0 Å². The molecule has 1 aromatic rings. The quantitative estimate of drug-likeness (QED) is 0.626. The molecule has 4 aliphatic carbocycles. The molecule has 2 bridgehead atoms. The lowest BCUT2D eigenvalue weighted by atomic mass is 9.44. The Morgan fingerprint density at radius 3 is 2.66 bits per heavy atom. The van der Waals surface area contributed by atoms with E-state index in [1.54, 1.807) is 6.20 Å². The summed E-state index contributed by atoms with van der Waals surface area (Å²) in [6.45, 7) is 6.89. The number of hydrogen-bond donors (Lipinski definition) is 1. The van der Waals surface area contributed by atoms with Crippen LogP contribution in [0, 0.1) is 5.92 Å². The average Bonchev–Trinajstić information content (AvgIpc) is 3.13. The summed E-state index contributed by atoms with van der Waals surface area (Å²) >= 11 is 0. The maximum atomic E-state index is 12.2. The van der Waals surface area contributed by atoms with Gasteiger partial charge < -0.3 is 10.1 Å². The van der Waals surface area contributed by atoms with E-state index in [2.05, 4.69) is 34.8 Å². The molecule has 4 saturated carbocycles. The number of nitrogens with one attached hydrogen (secondary N) is 1. The summed E-state index contributed by atoms with van der Waals surface area (Å²) in [7, 11) is -1.23. The minimum absolute atomic E-state index is 0.0727. The van der Waals surface area contributed by atoms with E-state index in [9.17, 15) is 18.0 Å². The monoisotopic (exact) mass is 431 g/mol. The van der Waals surface area contributed by atoms with Crippen LogP contribution in [0.25, 0.3) is 0 Å². The molecule has 2 atom stereocenters. The Hall–Kier alpha value is -1.55. The van der Waals surface area contributed by atoms with Crippen molar-refractivity contribution in [2.75, 3.05) is 13.2 Å². The van der Waals surface area contributed by atoms with E-state index < -0.39 is 14.4 Å². The van der Waals surface area contributed by atoms with Crippen LogP contribution >= 0.6 is 0 Å². The molecule has 2 unspecified atom stereocenters. The topological polar surface area (TPSA) is 65.4 Å². The molecule has 0 radical (unpaired) electrons. The number of ether oxygens (including phenoxy) is 2. The molecule has 0 spiro atoms. The van der Waals surface area contributed by atoms with Crippen molar-refractivity contribution in [2.45, 2.75) is 74.7 Å². The van der Waals surface area contributed by atoms with Gasteiger partial charge in [0.1, 0.15) is 0 Å². The number of amides is 1. The zero-order valence-electron chi connectivity index (χ0n) is 17.0. The molecule has 5 rings (SSSR count). The van der Waals surface area contributed by atoms with Crippen LogP contribution in [0.15, 0.2) is 12.4 Å². The molecule has 4 aliphatic rings. The highest BCUT2D eigenvalue weighted by Gasteiger charge is 2.70. The van der Waals surface area contributed by atoms with Gasteiger partial charge in [-0.05, 0) is 49.1 Å². The summed E-state index contributed by atoms with van der Waals surface area (Å²) in [5, 5.41) is 7.46. The molecule has 1 N–H and O–H groups in total. The molecule has 162 valence electrons. The largest absolute Gasteiger partial charge is 0.522 e. The van der Waals surface area contributed by atoms with Crippen molar-refractivity contribution in [3.05, 3.63) is 18.0 Å². The molecule has 0 aromatic carbocycles. The Bertz CT molecular complexity index is 770. The van der Waals surface area contributed by atoms with Crippen LogP contribution in [0.5, 0.6) is 0 Å². The Morgan fingerprint density at radius 2 is 2.03 bits per heavy atom. The van der Waals surface area contributed by atoms with E-state index in [-0.39, 0.29) is 35.6 Å². The maximum absolute atomic E-state index is 12.2. The molecule has 1 heterocycles. The highest BCUT2D eigenvalue weighted by atomic mass is 28.3. The van der Waals surface area contributed by atoms with Crippen molar-refractivity contribution in [1.29, 1.82) is 0 Å². The molecule has 6 nitrogen and oxygen atoms in total. The van der Waals surface area contributed by atoms with Gasteiger partial charge in [-0.2, -0.15) is 5.10 Å². The van der Waals surface area contributed by atoms with Gasteiger partial charge in [0.05, 0.1) is 30.5 Å². The molecular formula is C19H28F3N3O3Si. The highest BCUT2D eigenvalue weighted by molar-refractivity contribution is 6.76. The van der Waals surface area contributed by atoms with Gasteiger partial charge in [0.25, 0.3) is 0 Å². The summed E-state index contributed by atoms with van der Waals surface area (Å²) in [6, 6.07) is 0.948. The van der Waals surface area contributed by atoms with Crippen molar-refractivity contribution in [3.8, 4) is 0 Å². The first-order chi connectivity index (χ1) is 13.4. The van der Waals surface area contributed by atoms with Crippen LogP contribution in [-0.4, -0.2) is 49.1 Å². The third-order valence-electron chi connectivity index (χ3n) is 6.36. The van der Waals surface area contributed by atoms with Gasteiger partial charge in [0.2, 0.25) is 0 Å². The van der Waals surface area contributed by atoms with Crippen molar-refractivity contribution in [3.63, 3.8) is 0 Å². The number of halogens is 3. The standard InChI is InChI=1S/C19H28F3N3O3Si/c1-29(2,3)5-4-27-16(26)24-17-10-18(11-17,12-17)25-8-14(7-23-25)15-6-13(15)9-28-19(20,21)22/h7-8,13,15H,4-6,9-12H2,1-3H3,(H,24,26). The van der Waals surface area contributed by atoms with Crippen LogP contribution in [-0.2, 0) is 15.0 Å². The van der Waals surface area contributed by atoms with E-state index in [4.69, 9.17) is 4.74 Å². The van der Waals surface area contributed by atoms with Gasteiger partial charge in [-0.15, -0.1) is 13.2 Å². The average molecular weight is 432 g/mol. The number of rotatable bonds is 8. The van der Waals surface area contributed by atoms with E-state index in [0.717, 1.165) is 30.9 Å². The van der Waals surface area contributed by atoms with Crippen LogP contribution < -0.4 is 5.32 Å².